The highest BCUT2D eigenvalue weighted by atomic mass is 16.5. The van der Waals surface area contributed by atoms with E-state index in [1.54, 1.807) is 0 Å². The van der Waals surface area contributed by atoms with E-state index in [4.69, 9.17) is 4.74 Å². The maximum atomic E-state index is 12.8. The monoisotopic (exact) mass is 379 g/mol. The summed E-state index contributed by atoms with van der Waals surface area (Å²) in [6, 6.07) is -0.575. The molecule has 150 valence electrons. The van der Waals surface area contributed by atoms with Crippen molar-refractivity contribution in [1.29, 1.82) is 0 Å². The first-order valence-electron chi connectivity index (χ1n) is 9.43. The van der Waals surface area contributed by atoms with Gasteiger partial charge in [0, 0.05) is 13.1 Å². The quantitative estimate of drug-likeness (QED) is 0.410. The number of carbonyl (C=O) groups is 4. The zero-order chi connectivity index (χ0) is 20.2. The molecule has 1 heterocycles. The van der Waals surface area contributed by atoms with Crippen LogP contribution in [0.25, 0.3) is 0 Å². The molecule has 0 aromatic rings. The molecule has 8 heteroatoms. The van der Waals surface area contributed by atoms with Crippen molar-refractivity contribution in [1.82, 2.24) is 15.1 Å². The van der Waals surface area contributed by atoms with E-state index in [1.807, 2.05) is 20.8 Å². The van der Waals surface area contributed by atoms with Gasteiger partial charge in [0.1, 0.15) is 12.1 Å². The van der Waals surface area contributed by atoms with E-state index >= 15 is 0 Å². The van der Waals surface area contributed by atoms with Gasteiger partial charge in [-0.2, -0.15) is 0 Å². The molecular weight excluding hydrogens is 350 g/mol. The van der Waals surface area contributed by atoms with Gasteiger partial charge in [-0.3, -0.25) is 19.3 Å². The Morgan fingerprint density at radius 2 is 2.07 bits per heavy atom. The number of ether oxygens (including phenoxy) is 1. The van der Waals surface area contributed by atoms with Crippen molar-refractivity contribution in [3.63, 3.8) is 0 Å². The molecule has 8 nitrogen and oxygen atoms in total. The normalized spacial score (nSPS) is 24.7. The minimum Gasteiger partial charge on any atom is -0.454 e. The molecular formula is C19H29N3O5. The van der Waals surface area contributed by atoms with E-state index in [1.165, 1.54) is 4.90 Å². The molecule has 2 rings (SSSR count). The Kier molecular flexibility index (Phi) is 6.62. The average molecular weight is 379 g/mol. The lowest BCUT2D eigenvalue weighted by molar-refractivity contribution is -0.154. The molecule has 0 aromatic carbocycles. The van der Waals surface area contributed by atoms with Crippen LogP contribution in [-0.2, 0) is 19.1 Å². The Labute approximate surface area is 159 Å². The fraction of sp³-hybridized carbons (Fsp3) is 0.684. The van der Waals surface area contributed by atoms with Gasteiger partial charge < -0.3 is 15.0 Å². The molecule has 2 atom stereocenters. The number of nitrogens with zero attached hydrogens (tertiary/aromatic N) is 2. The third-order valence-corrected chi connectivity index (χ3v) is 5.34. The molecule has 1 spiro atoms. The number of amides is 4. The second kappa shape index (κ2) is 8.54. The zero-order valence-electron chi connectivity index (χ0n) is 16.4. The number of rotatable bonds is 7. The number of esters is 1. The zero-order valence-corrected chi connectivity index (χ0v) is 16.4. The Hall–Kier alpha value is -2.38. The Bertz CT molecular complexity index is 647. The summed E-state index contributed by atoms with van der Waals surface area (Å²) in [7, 11) is 0. The molecule has 1 aliphatic carbocycles. The van der Waals surface area contributed by atoms with E-state index in [-0.39, 0.29) is 17.7 Å². The van der Waals surface area contributed by atoms with Crippen molar-refractivity contribution >= 4 is 23.8 Å². The molecule has 0 radical (unpaired) electrons. The first-order chi connectivity index (χ1) is 12.7. The number of imide groups is 1. The summed E-state index contributed by atoms with van der Waals surface area (Å²) >= 11 is 0. The molecule has 2 fully saturated rings. The van der Waals surface area contributed by atoms with Gasteiger partial charge in [0.2, 0.25) is 0 Å². The van der Waals surface area contributed by atoms with Crippen molar-refractivity contribution in [2.24, 2.45) is 5.92 Å². The lowest BCUT2D eigenvalue weighted by atomic mass is 9.73. The number of nitrogens with one attached hydrogen (secondary N) is 1. The molecule has 4 amide bonds. The molecule has 0 bridgehead atoms. The Balaban J connectivity index is 1.92. The largest absolute Gasteiger partial charge is 0.454 e. The summed E-state index contributed by atoms with van der Waals surface area (Å²) in [6.45, 7) is 9.28. The lowest BCUT2D eigenvalue weighted by Gasteiger charge is -2.36. The van der Waals surface area contributed by atoms with Gasteiger partial charge in [-0.05, 0) is 32.6 Å². The van der Waals surface area contributed by atoms with Crippen LogP contribution < -0.4 is 5.32 Å². The summed E-state index contributed by atoms with van der Waals surface area (Å²) in [6.07, 6.45) is 3.32. The number of likely N-dealkylation sites (N-methyl/N-ethyl adjacent to an activating group) is 1. The second-order valence-electron chi connectivity index (χ2n) is 7.47. The van der Waals surface area contributed by atoms with Crippen molar-refractivity contribution < 1.29 is 23.9 Å². The summed E-state index contributed by atoms with van der Waals surface area (Å²) in [4.78, 5) is 51.7. The van der Waals surface area contributed by atoms with E-state index < -0.39 is 30.7 Å². The first-order valence-corrected chi connectivity index (χ1v) is 9.43. The highest BCUT2D eigenvalue weighted by molar-refractivity contribution is 6.09. The minimum absolute atomic E-state index is 0.0190. The third-order valence-electron chi connectivity index (χ3n) is 5.34. The van der Waals surface area contributed by atoms with Gasteiger partial charge in [-0.15, -0.1) is 0 Å². The summed E-state index contributed by atoms with van der Waals surface area (Å²) < 4.78 is 5.00. The first kappa shape index (κ1) is 20.9. The van der Waals surface area contributed by atoms with Crippen molar-refractivity contribution in [2.45, 2.75) is 52.0 Å². The van der Waals surface area contributed by atoms with Crippen molar-refractivity contribution in [2.75, 3.05) is 26.2 Å². The predicted octanol–water partition coefficient (Wildman–Crippen LogP) is 1.45. The van der Waals surface area contributed by atoms with Gasteiger partial charge in [-0.1, -0.05) is 31.9 Å². The fourth-order valence-electron chi connectivity index (χ4n) is 3.75. The van der Waals surface area contributed by atoms with Gasteiger partial charge in [0.05, 0.1) is 0 Å². The van der Waals surface area contributed by atoms with Crippen molar-refractivity contribution in [3.05, 3.63) is 12.2 Å². The summed E-state index contributed by atoms with van der Waals surface area (Å²) in [5, 5.41) is 2.78. The van der Waals surface area contributed by atoms with Gasteiger partial charge >= 0.3 is 12.0 Å². The highest BCUT2D eigenvalue weighted by Crippen LogP contribution is 2.38. The van der Waals surface area contributed by atoms with Gasteiger partial charge in [-0.25, -0.2) is 4.79 Å². The average Bonchev–Trinajstić information content (AvgIpc) is 2.85. The number of hydrogen-bond acceptors (Lipinski definition) is 5. The highest BCUT2D eigenvalue weighted by Gasteiger charge is 2.55. The van der Waals surface area contributed by atoms with Crippen LogP contribution in [0.15, 0.2) is 12.2 Å². The molecule has 1 saturated carbocycles. The topological polar surface area (TPSA) is 96.0 Å². The van der Waals surface area contributed by atoms with Crippen LogP contribution in [0.5, 0.6) is 0 Å². The van der Waals surface area contributed by atoms with E-state index in [2.05, 4.69) is 11.9 Å². The number of carbonyl (C=O) groups excluding carboxylic acids is 4. The van der Waals surface area contributed by atoms with Crippen LogP contribution in [0.2, 0.25) is 0 Å². The Morgan fingerprint density at radius 1 is 1.37 bits per heavy atom. The summed E-state index contributed by atoms with van der Waals surface area (Å²) in [5.74, 6) is -1.48. The molecule has 0 aromatic heterocycles. The van der Waals surface area contributed by atoms with E-state index in [0.29, 0.717) is 19.5 Å². The molecule has 1 saturated heterocycles. The number of hydrogen-bond donors (Lipinski definition) is 1. The van der Waals surface area contributed by atoms with Gasteiger partial charge in [0.15, 0.2) is 6.61 Å². The molecule has 1 aliphatic heterocycles. The van der Waals surface area contributed by atoms with Crippen LogP contribution in [0, 0.1) is 5.92 Å². The molecule has 2 unspecified atom stereocenters. The SMILES string of the molecule is C=C(C)CN(CC)C(=O)COC(=O)CN1C(=O)NC2(CCCCC2C)C1=O. The van der Waals surface area contributed by atoms with Gasteiger partial charge in [0.25, 0.3) is 11.8 Å². The smallest absolute Gasteiger partial charge is 0.326 e. The van der Waals surface area contributed by atoms with Crippen molar-refractivity contribution in [3.8, 4) is 0 Å². The van der Waals surface area contributed by atoms with Crippen LogP contribution in [0.3, 0.4) is 0 Å². The fourth-order valence-corrected chi connectivity index (χ4v) is 3.75. The maximum Gasteiger partial charge on any atom is 0.326 e. The lowest BCUT2D eigenvalue weighted by Crippen LogP contribution is -2.54. The van der Waals surface area contributed by atoms with E-state index in [0.717, 1.165) is 29.7 Å². The Morgan fingerprint density at radius 3 is 2.67 bits per heavy atom. The second-order valence-corrected chi connectivity index (χ2v) is 7.47. The third kappa shape index (κ3) is 4.48. The van der Waals surface area contributed by atoms with Crippen LogP contribution in [-0.4, -0.2) is 65.4 Å². The molecule has 1 N–H and O–H groups in total. The van der Waals surface area contributed by atoms with Crippen LogP contribution >= 0.6 is 0 Å². The standard InChI is InChI=1S/C19H29N3O5/c1-5-21(10-13(2)3)15(23)12-27-16(24)11-22-17(25)19(20-18(22)26)9-7-6-8-14(19)4/h14H,2,5-12H2,1,3-4H3,(H,20,26). The molecule has 2 aliphatic rings. The maximum absolute atomic E-state index is 12.8. The van der Waals surface area contributed by atoms with Crippen LogP contribution in [0.4, 0.5) is 4.79 Å². The molecule has 27 heavy (non-hydrogen) atoms. The predicted molar refractivity (Wildman–Crippen MR) is 98.6 cm³/mol. The van der Waals surface area contributed by atoms with Crippen LogP contribution in [0.1, 0.15) is 46.5 Å². The minimum atomic E-state index is -0.911. The van der Waals surface area contributed by atoms with E-state index in [9.17, 15) is 19.2 Å². The number of urea groups is 1. The summed E-state index contributed by atoms with van der Waals surface area (Å²) in [5.41, 5.74) is -0.0888.